The monoisotopic (exact) mass is 511 g/mol. The van der Waals surface area contributed by atoms with Crippen molar-refractivity contribution < 1.29 is 36.3 Å². The molecule has 0 atom stereocenters. The number of ether oxygens (including phenoxy) is 1. The topological polar surface area (TPSA) is 79.5 Å². The summed E-state index contributed by atoms with van der Waals surface area (Å²) in [6.07, 6.45) is -4.60. The van der Waals surface area contributed by atoms with E-state index in [2.05, 4.69) is 16.0 Å². The molecule has 0 radical (unpaired) electrons. The summed E-state index contributed by atoms with van der Waals surface area (Å²) in [5.74, 6) is -5.41. The minimum atomic E-state index is -4.60. The molecular weight excluding hydrogens is 493 g/mol. The van der Waals surface area contributed by atoms with Gasteiger partial charge in [-0.2, -0.15) is 33.3 Å². The van der Waals surface area contributed by atoms with E-state index in [1.54, 1.807) is 16.8 Å². The number of anilines is 2. The lowest BCUT2D eigenvalue weighted by molar-refractivity contribution is -0.151. The van der Waals surface area contributed by atoms with Gasteiger partial charge in [-0.3, -0.25) is 4.79 Å². The number of thiophene rings is 1. The molecule has 4 rings (SSSR count). The standard InChI is InChI=1S/C23H18F5N3O3S/c24-22(25,20(32)29-17-10-34-11-17)14-4-5-18(13-6-7-35-12-13)19(9-14)31-21(33)30-16-3-1-2-15(8-16)23(26,27)28/h1-9,12,17H,10-11H2,(H,29,32)(H2,30,31,33). The molecular formula is C23H18F5N3O3S. The molecule has 184 valence electrons. The number of urea groups is 1. The Morgan fingerprint density at radius 2 is 1.71 bits per heavy atom. The molecule has 1 saturated heterocycles. The van der Waals surface area contributed by atoms with Crippen molar-refractivity contribution in [2.24, 2.45) is 0 Å². The number of amides is 3. The minimum Gasteiger partial charge on any atom is -0.377 e. The Morgan fingerprint density at radius 1 is 0.943 bits per heavy atom. The quantitative estimate of drug-likeness (QED) is 0.373. The highest BCUT2D eigenvalue weighted by atomic mass is 32.1. The van der Waals surface area contributed by atoms with Crippen molar-refractivity contribution >= 4 is 34.6 Å². The van der Waals surface area contributed by atoms with Gasteiger partial charge < -0.3 is 20.7 Å². The molecule has 6 nitrogen and oxygen atoms in total. The van der Waals surface area contributed by atoms with Gasteiger partial charge in [0.1, 0.15) is 0 Å². The highest BCUT2D eigenvalue weighted by molar-refractivity contribution is 7.08. The van der Waals surface area contributed by atoms with Crippen LogP contribution in [0.1, 0.15) is 11.1 Å². The van der Waals surface area contributed by atoms with Crippen molar-refractivity contribution in [1.82, 2.24) is 5.32 Å². The van der Waals surface area contributed by atoms with Gasteiger partial charge in [0.25, 0.3) is 5.91 Å². The Kier molecular flexibility index (Phi) is 6.77. The summed E-state index contributed by atoms with van der Waals surface area (Å²) in [6.45, 7) is 0.281. The van der Waals surface area contributed by atoms with Crippen LogP contribution in [0.2, 0.25) is 0 Å². The van der Waals surface area contributed by atoms with Gasteiger partial charge in [-0.05, 0) is 46.7 Å². The second-order valence-electron chi connectivity index (χ2n) is 7.71. The van der Waals surface area contributed by atoms with Crippen molar-refractivity contribution in [3.8, 4) is 11.1 Å². The highest BCUT2D eigenvalue weighted by Crippen LogP contribution is 2.37. The summed E-state index contributed by atoms with van der Waals surface area (Å²) in [5, 5.41) is 10.4. The van der Waals surface area contributed by atoms with Crippen LogP contribution in [0.25, 0.3) is 11.1 Å². The normalized spacial score (nSPS) is 14.2. The third-order valence-corrected chi connectivity index (χ3v) is 5.85. The Hall–Kier alpha value is -3.51. The molecule has 12 heteroatoms. The maximum Gasteiger partial charge on any atom is 0.416 e. The van der Waals surface area contributed by atoms with Gasteiger partial charge >= 0.3 is 18.1 Å². The molecule has 0 spiro atoms. The zero-order valence-electron chi connectivity index (χ0n) is 17.8. The van der Waals surface area contributed by atoms with E-state index < -0.39 is 41.2 Å². The van der Waals surface area contributed by atoms with Crippen LogP contribution < -0.4 is 16.0 Å². The molecule has 1 fully saturated rings. The van der Waals surface area contributed by atoms with Gasteiger partial charge in [-0.1, -0.05) is 18.2 Å². The van der Waals surface area contributed by atoms with Gasteiger partial charge in [0.15, 0.2) is 0 Å². The molecule has 3 aromatic rings. The molecule has 0 saturated carbocycles. The van der Waals surface area contributed by atoms with Crippen molar-refractivity contribution in [2.45, 2.75) is 18.1 Å². The predicted molar refractivity (Wildman–Crippen MR) is 120 cm³/mol. The van der Waals surface area contributed by atoms with E-state index in [4.69, 9.17) is 4.74 Å². The van der Waals surface area contributed by atoms with Crippen LogP contribution in [0, 0.1) is 0 Å². The molecule has 35 heavy (non-hydrogen) atoms. The Morgan fingerprint density at radius 3 is 2.34 bits per heavy atom. The maximum atomic E-state index is 14.9. The number of hydrogen-bond acceptors (Lipinski definition) is 4. The third kappa shape index (κ3) is 5.60. The fourth-order valence-corrected chi connectivity index (χ4v) is 3.95. The molecule has 2 heterocycles. The highest BCUT2D eigenvalue weighted by Gasteiger charge is 2.43. The lowest BCUT2D eigenvalue weighted by Gasteiger charge is -2.28. The van der Waals surface area contributed by atoms with Crippen LogP contribution in [0.5, 0.6) is 0 Å². The fourth-order valence-electron chi connectivity index (χ4n) is 3.30. The summed E-state index contributed by atoms with van der Waals surface area (Å²) in [4.78, 5) is 24.7. The van der Waals surface area contributed by atoms with Gasteiger partial charge in [0, 0.05) is 16.8 Å². The maximum absolute atomic E-state index is 14.9. The van der Waals surface area contributed by atoms with Crippen molar-refractivity contribution in [3.05, 3.63) is 70.4 Å². The predicted octanol–water partition coefficient (Wildman–Crippen LogP) is 5.68. The first kappa shape index (κ1) is 24.6. The van der Waals surface area contributed by atoms with Crippen molar-refractivity contribution in [2.75, 3.05) is 23.8 Å². The minimum absolute atomic E-state index is 0.0511. The molecule has 0 aliphatic carbocycles. The molecule has 1 aromatic heterocycles. The number of halogens is 5. The van der Waals surface area contributed by atoms with E-state index in [9.17, 15) is 31.5 Å². The number of carbonyl (C=O) groups excluding carboxylic acids is 2. The summed E-state index contributed by atoms with van der Waals surface area (Å²) in [7, 11) is 0. The van der Waals surface area contributed by atoms with Crippen LogP contribution >= 0.6 is 11.3 Å². The van der Waals surface area contributed by atoms with Crippen LogP contribution in [0.15, 0.2) is 59.3 Å². The van der Waals surface area contributed by atoms with Crippen LogP contribution in [0.3, 0.4) is 0 Å². The average molecular weight is 511 g/mol. The van der Waals surface area contributed by atoms with Gasteiger partial charge in [-0.25, -0.2) is 4.79 Å². The lowest BCUT2D eigenvalue weighted by atomic mass is 10.00. The Balaban J connectivity index is 1.59. The smallest absolute Gasteiger partial charge is 0.377 e. The van der Waals surface area contributed by atoms with E-state index >= 15 is 0 Å². The molecule has 3 amide bonds. The van der Waals surface area contributed by atoms with E-state index in [1.807, 2.05) is 0 Å². The molecule has 0 bridgehead atoms. The number of hydrogen-bond donors (Lipinski definition) is 3. The molecule has 3 N–H and O–H groups in total. The first-order valence-electron chi connectivity index (χ1n) is 10.2. The zero-order chi connectivity index (χ0) is 25.2. The fraction of sp³-hybridized carbons (Fsp3) is 0.217. The lowest BCUT2D eigenvalue weighted by Crippen LogP contribution is -2.52. The summed E-state index contributed by atoms with van der Waals surface area (Å²) in [6, 6.07) is 7.63. The summed E-state index contributed by atoms with van der Waals surface area (Å²) >= 11 is 1.34. The Bertz CT molecular complexity index is 1230. The third-order valence-electron chi connectivity index (χ3n) is 5.17. The van der Waals surface area contributed by atoms with E-state index in [-0.39, 0.29) is 24.6 Å². The van der Waals surface area contributed by atoms with E-state index in [0.717, 1.165) is 30.3 Å². The SMILES string of the molecule is O=C(Nc1cccc(C(F)(F)F)c1)Nc1cc(C(F)(F)C(=O)NC2COC2)ccc1-c1ccsc1. The first-order valence-corrected chi connectivity index (χ1v) is 11.2. The van der Waals surface area contributed by atoms with Gasteiger partial charge in [-0.15, -0.1) is 0 Å². The summed E-state index contributed by atoms with van der Waals surface area (Å²) < 4.78 is 73.5. The van der Waals surface area contributed by atoms with Crippen LogP contribution in [-0.2, 0) is 21.6 Å². The summed E-state index contributed by atoms with van der Waals surface area (Å²) in [5.41, 5.74) is -0.807. The largest absolute Gasteiger partial charge is 0.416 e. The van der Waals surface area contributed by atoms with Crippen LogP contribution in [-0.4, -0.2) is 31.2 Å². The average Bonchev–Trinajstić information content (AvgIpc) is 3.30. The number of benzene rings is 2. The van der Waals surface area contributed by atoms with Crippen LogP contribution in [0.4, 0.5) is 38.1 Å². The molecule has 1 aliphatic heterocycles. The molecule has 0 unspecified atom stereocenters. The second kappa shape index (κ2) is 9.62. The molecule has 1 aliphatic rings. The van der Waals surface area contributed by atoms with E-state index in [1.165, 1.54) is 23.5 Å². The number of rotatable bonds is 6. The van der Waals surface area contributed by atoms with Crippen molar-refractivity contribution in [3.63, 3.8) is 0 Å². The number of carbonyl (C=O) groups is 2. The number of nitrogens with one attached hydrogen (secondary N) is 3. The van der Waals surface area contributed by atoms with E-state index in [0.29, 0.717) is 11.1 Å². The second-order valence-corrected chi connectivity index (χ2v) is 8.49. The first-order chi connectivity index (χ1) is 16.5. The Labute approximate surface area is 200 Å². The molecule has 2 aromatic carbocycles. The zero-order valence-corrected chi connectivity index (χ0v) is 18.6. The number of alkyl halides is 5. The van der Waals surface area contributed by atoms with Crippen molar-refractivity contribution in [1.29, 1.82) is 0 Å². The van der Waals surface area contributed by atoms with Gasteiger partial charge in [0.2, 0.25) is 0 Å². The van der Waals surface area contributed by atoms with Gasteiger partial charge in [0.05, 0.1) is 30.5 Å².